The van der Waals surface area contributed by atoms with Crippen LogP contribution in [0.3, 0.4) is 0 Å². The van der Waals surface area contributed by atoms with Crippen molar-refractivity contribution in [1.29, 1.82) is 0 Å². The minimum absolute atomic E-state index is 0.0340. The van der Waals surface area contributed by atoms with Crippen molar-refractivity contribution in [3.05, 3.63) is 40.9 Å². The topological polar surface area (TPSA) is 101 Å². The number of amides is 1. The lowest BCUT2D eigenvalue weighted by Crippen LogP contribution is -2.47. The van der Waals surface area contributed by atoms with Crippen molar-refractivity contribution < 1.29 is 14.7 Å². The SMILES string of the molecule is CC[C@H](C)[C@@H](NC(=O)C1CCC(Cn2cnc3ccccc3c2=O)CC1)C(=O)O. The molecule has 7 heteroatoms. The van der Waals surface area contributed by atoms with Gasteiger partial charge in [0.05, 0.1) is 17.2 Å². The second kappa shape index (κ2) is 9.20. The summed E-state index contributed by atoms with van der Waals surface area (Å²) in [6.07, 6.45) is 5.38. The van der Waals surface area contributed by atoms with Crippen molar-refractivity contribution in [2.24, 2.45) is 17.8 Å². The molecule has 1 amide bonds. The number of nitrogens with one attached hydrogen (secondary N) is 1. The van der Waals surface area contributed by atoms with E-state index < -0.39 is 12.0 Å². The maximum atomic E-state index is 12.7. The van der Waals surface area contributed by atoms with Crippen molar-refractivity contribution in [2.75, 3.05) is 0 Å². The lowest BCUT2D eigenvalue weighted by Gasteiger charge is -2.29. The molecule has 0 bridgehead atoms. The van der Waals surface area contributed by atoms with E-state index in [1.165, 1.54) is 0 Å². The lowest BCUT2D eigenvalue weighted by atomic mass is 9.81. The number of hydrogen-bond donors (Lipinski definition) is 2. The standard InChI is InChI=1S/C22H29N3O4/c1-3-14(2)19(22(28)29)24-20(26)16-10-8-15(9-11-16)12-25-13-23-18-7-5-4-6-17(18)21(25)27/h4-7,13-16,19H,3,8-12H2,1-2H3,(H,24,26)(H,28,29)/t14-,15?,16?,19+/m0/s1. The van der Waals surface area contributed by atoms with E-state index in [2.05, 4.69) is 10.3 Å². The molecular weight excluding hydrogens is 370 g/mol. The van der Waals surface area contributed by atoms with Crippen LogP contribution in [-0.4, -0.2) is 32.6 Å². The number of fused-ring (bicyclic) bond motifs is 1. The summed E-state index contributed by atoms with van der Waals surface area (Å²) in [5, 5.41) is 12.7. The third kappa shape index (κ3) is 4.83. The van der Waals surface area contributed by atoms with Gasteiger partial charge in [0.15, 0.2) is 0 Å². The van der Waals surface area contributed by atoms with Crippen molar-refractivity contribution >= 4 is 22.8 Å². The molecule has 7 nitrogen and oxygen atoms in total. The van der Waals surface area contributed by atoms with Gasteiger partial charge in [0.1, 0.15) is 6.04 Å². The Morgan fingerprint density at radius 3 is 2.59 bits per heavy atom. The number of para-hydroxylation sites is 1. The van der Waals surface area contributed by atoms with E-state index in [1.54, 1.807) is 17.0 Å². The summed E-state index contributed by atoms with van der Waals surface area (Å²) in [4.78, 5) is 41.0. The van der Waals surface area contributed by atoms with E-state index in [0.717, 1.165) is 12.8 Å². The van der Waals surface area contributed by atoms with E-state index in [9.17, 15) is 19.5 Å². The van der Waals surface area contributed by atoms with Gasteiger partial charge in [-0.2, -0.15) is 0 Å². The Balaban J connectivity index is 1.58. The van der Waals surface area contributed by atoms with Crippen LogP contribution in [0, 0.1) is 17.8 Å². The van der Waals surface area contributed by atoms with Gasteiger partial charge in [-0.05, 0) is 49.7 Å². The molecule has 3 rings (SSSR count). The fraction of sp³-hybridized carbons (Fsp3) is 0.545. The van der Waals surface area contributed by atoms with E-state index in [4.69, 9.17) is 0 Å². The molecule has 1 aromatic heterocycles. The minimum Gasteiger partial charge on any atom is -0.480 e. The Morgan fingerprint density at radius 1 is 1.24 bits per heavy atom. The third-order valence-corrected chi connectivity index (χ3v) is 6.18. The van der Waals surface area contributed by atoms with Gasteiger partial charge in [0, 0.05) is 12.5 Å². The second-order valence-corrected chi connectivity index (χ2v) is 8.15. The normalized spacial score (nSPS) is 21.4. The number of carbonyl (C=O) groups excluding carboxylic acids is 1. The zero-order valence-corrected chi connectivity index (χ0v) is 17.0. The first-order valence-electron chi connectivity index (χ1n) is 10.4. The number of carboxylic acids is 1. The van der Waals surface area contributed by atoms with Gasteiger partial charge in [-0.3, -0.25) is 14.2 Å². The van der Waals surface area contributed by atoms with Gasteiger partial charge in [0.2, 0.25) is 5.91 Å². The number of aromatic nitrogens is 2. The number of rotatable bonds is 7. The average Bonchev–Trinajstić information content (AvgIpc) is 2.73. The van der Waals surface area contributed by atoms with Crippen LogP contribution >= 0.6 is 0 Å². The van der Waals surface area contributed by atoms with Crippen LogP contribution in [0.15, 0.2) is 35.4 Å². The Labute approximate surface area is 170 Å². The predicted molar refractivity (Wildman–Crippen MR) is 110 cm³/mol. The van der Waals surface area contributed by atoms with Crippen LogP contribution in [0.5, 0.6) is 0 Å². The molecule has 1 aliphatic rings. The number of nitrogens with zero attached hydrogens (tertiary/aromatic N) is 2. The first-order chi connectivity index (χ1) is 13.9. The molecule has 0 unspecified atom stereocenters. The fourth-order valence-electron chi connectivity index (χ4n) is 4.08. The van der Waals surface area contributed by atoms with Gasteiger partial charge < -0.3 is 10.4 Å². The quantitative estimate of drug-likeness (QED) is 0.745. The summed E-state index contributed by atoms with van der Waals surface area (Å²) in [5.41, 5.74) is 0.664. The third-order valence-electron chi connectivity index (χ3n) is 6.18. The Morgan fingerprint density at radius 2 is 1.93 bits per heavy atom. The highest BCUT2D eigenvalue weighted by molar-refractivity contribution is 5.85. The molecule has 1 saturated carbocycles. The Kier molecular flexibility index (Phi) is 6.67. The van der Waals surface area contributed by atoms with Crippen molar-refractivity contribution in [3.8, 4) is 0 Å². The largest absolute Gasteiger partial charge is 0.480 e. The highest BCUT2D eigenvalue weighted by Gasteiger charge is 2.31. The lowest BCUT2D eigenvalue weighted by molar-refractivity contribution is -0.144. The number of aliphatic carboxylic acids is 1. The molecule has 2 aromatic rings. The molecule has 1 aromatic carbocycles. The molecule has 2 atom stereocenters. The minimum atomic E-state index is -0.982. The summed E-state index contributed by atoms with van der Waals surface area (Å²) in [7, 11) is 0. The summed E-state index contributed by atoms with van der Waals surface area (Å²) in [6, 6.07) is 6.48. The highest BCUT2D eigenvalue weighted by atomic mass is 16.4. The van der Waals surface area contributed by atoms with Crippen LogP contribution in [0.4, 0.5) is 0 Å². The van der Waals surface area contributed by atoms with E-state index in [0.29, 0.717) is 42.6 Å². The maximum Gasteiger partial charge on any atom is 0.326 e. The number of hydrogen-bond acceptors (Lipinski definition) is 4. The zero-order chi connectivity index (χ0) is 21.0. The molecule has 0 saturated heterocycles. The van der Waals surface area contributed by atoms with Gasteiger partial charge in [-0.15, -0.1) is 0 Å². The molecular formula is C22H29N3O4. The summed E-state index contributed by atoms with van der Waals surface area (Å²) < 4.78 is 1.66. The van der Waals surface area contributed by atoms with E-state index >= 15 is 0 Å². The molecule has 2 N–H and O–H groups in total. The molecule has 0 radical (unpaired) electrons. The second-order valence-electron chi connectivity index (χ2n) is 8.15. The highest BCUT2D eigenvalue weighted by Crippen LogP contribution is 2.30. The van der Waals surface area contributed by atoms with Crippen molar-refractivity contribution in [2.45, 2.75) is 58.5 Å². The van der Waals surface area contributed by atoms with Crippen molar-refractivity contribution in [3.63, 3.8) is 0 Å². The van der Waals surface area contributed by atoms with Crippen LogP contribution < -0.4 is 10.9 Å². The van der Waals surface area contributed by atoms with Crippen LogP contribution in [-0.2, 0) is 16.1 Å². The Bertz CT molecular complexity index is 931. The first-order valence-corrected chi connectivity index (χ1v) is 10.4. The van der Waals surface area contributed by atoms with Gasteiger partial charge in [-0.25, -0.2) is 9.78 Å². The summed E-state index contributed by atoms with van der Waals surface area (Å²) in [6.45, 7) is 4.35. The maximum absolute atomic E-state index is 12.7. The number of carboxylic acid groups (broad SMARTS) is 1. The fourth-order valence-corrected chi connectivity index (χ4v) is 4.08. The van der Waals surface area contributed by atoms with Crippen LogP contribution in [0.25, 0.3) is 10.9 Å². The van der Waals surface area contributed by atoms with E-state index in [1.807, 2.05) is 32.0 Å². The van der Waals surface area contributed by atoms with Crippen LogP contribution in [0.1, 0.15) is 46.0 Å². The molecule has 29 heavy (non-hydrogen) atoms. The monoisotopic (exact) mass is 399 g/mol. The van der Waals surface area contributed by atoms with Crippen molar-refractivity contribution in [1.82, 2.24) is 14.9 Å². The van der Waals surface area contributed by atoms with Gasteiger partial charge >= 0.3 is 5.97 Å². The predicted octanol–water partition coefficient (Wildman–Crippen LogP) is 2.82. The number of carbonyl (C=O) groups is 2. The van der Waals surface area contributed by atoms with Gasteiger partial charge in [0.25, 0.3) is 5.56 Å². The molecule has 156 valence electrons. The smallest absolute Gasteiger partial charge is 0.326 e. The average molecular weight is 399 g/mol. The first kappa shape index (κ1) is 21.0. The molecule has 0 aliphatic heterocycles. The van der Waals surface area contributed by atoms with E-state index in [-0.39, 0.29) is 23.3 Å². The number of benzene rings is 1. The van der Waals surface area contributed by atoms with Gasteiger partial charge in [-0.1, -0.05) is 32.4 Å². The summed E-state index contributed by atoms with van der Waals surface area (Å²) >= 11 is 0. The Hall–Kier alpha value is -2.70. The molecule has 1 aliphatic carbocycles. The molecule has 1 fully saturated rings. The molecule has 1 heterocycles. The molecule has 0 spiro atoms. The summed E-state index contributed by atoms with van der Waals surface area (Å²) in [5.74, 6) is -1.11. The van der Waals surface area contributed by atoms with Crippen LogP contribution in [0.2, 0.25) is 0 Å². The zero-order valence-electron chi connectivity index (χ0n) is 17.0.